The number of nitrogens with zero attached hydrogens (tertiary/aromatic N) is 2. The summed E-state index contributed by atoms with van der Waals surface area (Å²) < 4.78 is 5.87. The number of benzene rings is 2. The summed E-state index contributed by atoms with van der Waals surface area (Å²) in [5.41, 5.74) is 0.981. The van der Waals surface area contributed by atoms with Crippen LogP contribution in [-0.4, -0.2) is 22.0 Å². The minimum absolute atomic E-state index is 0.0314. The molecule has 1 aliphatic rings. The normalized spacial score (nSPS) is 18.4. The van der Waals surface area contributed by atoms with E-state index >= 15 is 0 Å². The molecule has 0 saturated carbocycles. The van der Waals surface area contributed by atoms with Crippen LogP contribution in [0, 0.1) is 6.92 Å². The summed E-state index contributed by atoms with van der Waals surface area (Å²) in [6.45, 7) is 1.69. The summed E-state index contributed by atoms with van der Waals surface area (Å²) in [7, 11) is 0. The largest absolute Gasteiger partial charge is 0.507 e. The second-order valence-corrected chi connectivity index (χ2v) is 7.88. The lowest BCUT2D eigenvalue weighted by atomic mass is 9.95. The number of anilines is 1. The van der Waals surface area contributed by atoms with Crippen LogP contribution in [-0.2, 0) is 9.59 Å². The standard InChI is InChI=1S/C21H14BrClN2O4/c1-11-9-16(24-29-11)25-18(13-3-2-4-14(22)10-13)17(20(27)21(25)28)19(26)12-5-7-15(23)8-6-12/h2-10,18,26H,1H3/b19-17+/t18-/m0/s1. The predicted octanol–water partition coefficient (Wildman–Crippen LogP) is 5.03. The van der Waals surface area contributed by atoms with Crippen LogP contribution < -0.4 is 4.90 Å². The average molecular weight is 474 g/mol. The van der Waals surface area contributed by atoms with Gasteiger partial charge in [0.2, 0.25) is 0 Å². The van der Waals surface area contributed by atoms with Gasteiger partial charge in [0, 0.05) is 21.1 Å². The van der Waals surface area contributed by atoms with Crippen molar-refractivity contribution in [1.29, 1.82) is 0 Å². The van der Waals surface area contributed by atoms with Crippen molar-refractivity contribution < 1.29 is 19.2 Å². The van der Waals surface area contributed by atoms with E-state index in [2.05, 4.69) is 21.1 Å². The molecule has 2 aromatic carbocycles. The predicted molar refractivity (Wildman–Crippen MR) is 112 cm³/mol. The maximum absolute atomic E-state index is 12.9. The highest BCUT2D eigenvalue weighted by Gasteiger charge is 2.48. The molecule has 1 aromatic heterocycles. The molecule has 3 aromatic rings. The number of amides is 1. The van der Waals surface area contributed by atoms with Crippen LogP contribution in [0.5, 0.6) is 0 Å². The topological polar surface area (TPSA) is 83.6 Å². The number of hydrogen-bond donors (Lipinski definition) is 1. The molecule has 6 nitrogen and oxygen atoms in total. The molecule has 29 heavy (non-hydrogen) atoms. The smallest absolute Gasteiger partial charge is 0.301 e. The second-order valence-electron chi connectivity index (χ2n) is 6.53. The molecule has 0 radical (unpaired) electrons. The average Bonchev–Trinajstić information content (AvgIpc) is 3.23. The summed E-state index contributed by atoms with van der Waals surface area (Å²) in [5, 5.41) is 15.3. The molecule has 1 N–H and O–H groups in total. The Bertz CT molecular complexity index is 1150. The van der Waals surface area contributed by atoms with Crippen LogP contribution >= 0.6 is 27.5 Å². The number of aliphatic hydroxyl groups is 1. The van der Waals surface area contributed by atoms with Gasteiger partial charge in [-0.15, -0.1) is 0 Å². The van der Waals surface area contributed by atoms with E-state index in [-0.39, 0.29) is 17.2 Å². The quantitative estimate of drug-likeness (QED) is 0.328. The molecule has 0 bridgehead atoms. The van der Waals surface area contributed by atoms with Crippen molar-refractivity contribution in [2.75, 3.05) is 4.90 Å². The maximum atomic E-state index is 12.9. The molecule has 1 fully saturated rings. The first kappa shape index (κ1) is 19.4. The van der Waals surface area contributed by atoms with Crippen LogP contribution in [0.15, 0.2) is 69.2 Å². The van der Waals surface area contributed by atoms with Gasteiger partial charge in [-0.3, -0.25) is 14.5 Å². The van der Waals surface area contributed by atoms with Crippen LogP contribution in [0.4, 0.5) is 5.82 Å². The fraction of sp³-hybridized carbons (Fsp3) is 0.0952. The van der Waals surface area contributed by atoms with Gasteiger partial charge in [0.1, 0.15) is 11.5 Å². The van der Waals surface area contributed by atoms with E-state index in [1.165, 1.54) is 4.90 Å². The Morgan fingerprint density at radius 3 is 2.52 bits per heavy atom. The number of halogens is 2. The zero-order valence-electron chi connectivity index (χ0n) is 15.1. The number of rotatable bonds is 3. The van der Waals surface area contributed by atoms with Gasteiger partial charge in [-0.25, -0.2) is 0 Å². The third kappa shape index (κ3) is 3.47. The molecule has 0 spiro atoms. The van der Waals surface area contributed by atoms with Crippen molar-refractivity contribution in [3.63, 3.8) is 0 Å². The van der Waals surface area contributed by atoms with E-state index in [4.69, 9.17) is 16.1 Å². The lowest BCUT2D eigenvalue weighted by Crippen LogP contribution is -2.29. The highest BCUT2D eigenvalue weighted by Crippen LogP contribution is 2.42. The summed E-state index contributed by atoms with van der Waals surface area (Å²) in [5.74, 6) is -1.19. The molecule has 1 amide bonds. The molecule has 1 aliphatic heterocycles. The van der Waals surface area contributed by atoms with Gasteiger partial charge >= 0.3 is 5.91 Å². The zero-order chi connectivity index (χ0) is 20.7. The summed E-state index contributed by atoms with van der Waals surface area (Å²) in [6, 6.07) is 14.2. The summed E-state index contributed by atoms with van der Waals surface area (Å²) >= 11 is 9.34. The number of carbonyl (C=O) groups is 2. The van der Waals surface area contributed by atoms with Crippen molar-refractivity contribution in [2.24, 2.45) is 0 Å². The molecular weight excluding hydrogens is 460 g/mol. The number of aromatic nitrogens is 1. The van der Waals surface area contributed by atoms with Gasteiger partial charge in [0.25, 0.3) is 5.78 Å². The van der Waals surface area contributed by atoms with Gasteiger partial charge in [0.05, 0.1) is 11.6 Å². The summed E-state index contributed by atoms with van der Waals surface area (Å²) in [6.07, 6.45) is 0. The van der Waals surface area contributed by atoms with Gasteiger partial charge in [-0.05, 0) is 48.9 Å². The Balaban J connectivity index is 1.95. The molecule has 4 rings (SSSR count). The van der Waals surface area contributed by atoms with Crippen molar-refractivity contribution in [3.8, 4) is 0 Å². The maximum Gasteiger partial charge on any atom is 0.301 e. The van der Waals surface area contributed by atoms with Crippen molar-refractivity contribution >= 4 is 50.8 Å². The molecule has 2 heterocycles. The van der Waals surface area contributed by atoms with Gasteiger partial charge in [-0.1, -0.05) is 44.8 Å². The minimum Gasteiger partial charge on any atom is -0.507 e. The van der Waals surface area contributed by atoms with Crippen LogP contribution in [0.25, 0.3) is 5.76 Å². The number of aliphatic hydroxyl groups excluding tert-OH is 1. The SMILES string of the molecule is Cc1cc(N2C(=O)C(=O)/C(=C(/O)c3ccc(Cl)cc3)[C@@H]2c2cccc(Br)c2)no1. The number of hydrogen-bond acceptors (Lipinski definition) is 5. The lowest BCUT2D eigenvalue weighted by Gasteiger charge is -2.23. The minimum atomic E-state index is -0.868. The molecule has 146 valence electrons. The zero-order valence-corrected chi connectivity index (χ0v) is 17.4. The van der Waals surface area contributed by atoms with E-state index in [0.29, 0.717) is 21.9 Å². The van der Waals surface area contributed by atoms with Crippen LogP contribution in [0.3, 0.4) is 0 Å². The number of Topliss-reactive ketones (excluding diaryl/α,β-unsaturated/α-hetero) is 1. The van der Waals surface area contributed by atoms with Crippen molar-refractivity contribution in [1.82, 2.24) is 5.16 Å². The molecular formula is C21H14BrClN2O4. The second kappa shape index (κ2) is 7.50. The van der Waals surface area contributed by atoms with E-state index in [1.807, 2.05) is 6.07 Å². The number of ketones is 1. The van der Waals surface area contributed by atoms with E-state index in [0.717, 1.165) is 4.47 Å². The first-order chi connectivity index (χ1) is 13.9. The molecule has 0 aliphatic carbocycles. The fourth-order valence-electron chi connectivity index (χ4n) is 3.29. The van der Waals surface area contributed by atoms with E-state index in [9.17, 15) is 14.7 Å². The van der Waals surface area contributed by atoms with E-state index in [1.54, 1.807) is 55.5 Å². The Kier molecular flexibility index (Phi) is 5.02. The van der Waals surface area contributed by atoms with Gasteiger partial charge in [0.15, 0.2) is 5.82 Å². The Morgan fingerprint density at radius 2 is 1.90 bits per heavy atom. The fourth-order valence-corrected chi connectivity index (χ4v) is 3.83. The Hall–Kier alpha value is -2.90. The highest BCUT2D eigenvalue weighted by molar-refractivity contribution is 9.10. The van der Waals surface area contributed by atoms with Crippen LogP contribution in [0.1, 0.15) is 22.9 Å². The third-order valence-corrected chi connectivity index (χ3v) is 5.33. The summed E-state index contributed by atoms with van der Waals surface area (Å²) in [4.78, 5) is 27.1. The van der Waals surface area contributed by atoms with Crippen molar-refractivity contribution in [3.05, 3.63) is 86.6 Å². The molecule has 0 unspecified atom stereocenters. The molecule has 1 atom stereocenters. The monoisotopic (exact) mass is 472 g/mol. The Morgan fingerprint density at radius 1 is 1.17 bits per heavy atom. The van der Waals surface area contributed by atoms with Gasteiger partial charge < -0.3 is 9.63 Å². The number of carbonyl (C=O) groups excluding carboxylic acids is 2. The van der Waals surface area contributed by atoms with Gasteiger partial charge in [-0.2, -0.15) is 0 Å². The first-order valence-corrected chi connectivity index (χ1v) is 9.79. The first-order valence-electron chi connectivity index (χ1n) is 8.62. The van der Waals surface area contributed by atoms with Crippen molar-refractivity contribution in [2.45, 2.75) is 13.0 Å². The lowest BCUT2D eigenvalue weighted by molar-refractivity contribution is -0.132. The van der Waals surface area contributed by atoms with Crippen LogP contribution in [0.2, 0.25) is 5.02 Å². The number of aryl methyl sites for hydroxylation is 1. The van der Waals surface area contributed by atoms with E-state index < -0.39 is 17.7 Å². The highest BCUT2D eigenvalue weighted by atomic mass is 79.9. The third-order valence-electron chi connectivity index (χ3n) is 4.59. The molecule has 1 saturated heterocycles. The Labute approximate surface area is 179 Å². The molecule has 8 heteroatoms.